The molecular formula is C14H25N3O2. The fraction of sp³-hybridized carbons (Fsp3) is 0.857. The molecule has 2 fully saturated rings. The van der Waals surface area contributed by atoms with E-state index in [1.165, 1.54) is 12.8 Å². The van der Waals surface area contributed by atoms with Crippen LogP contribution in [0.4, 0.5) is 0 Å². The zero-order chi connectivity index (χ0) is 13.7. The van der Waals surface area contributed by atoms with Crippen LogP contribution in [0.3, 0.4) is 0 Å². The number of amides is 2. The second-order valence-electron chi connectivity index (χ2n) is 5.67. The molecule has 0 radical (unpaired) electrons. The highest BCUT2D eigenvalue weighted by Gasteiger charge is 2.26. The minimum atomic E-state index is 0.0826. The Balaban J connectivity index is 1.67. The molecule has 0 aromatic heterocycles. The number of carbonyl (C=O) groups excluding carboxylic acids is 2. The molecule has 19 heavy (non-hydrogen) atoms. The molecule has 2 saturated heterocycles. The first kappa shape index (κ1) is 14.3. The van der Waals surface area contributed by atoms with E-state index in [9.17, 15) is 9.59 Å². The lowest BCUT2D eigenvalue weighted by Crippen LogP contribution is -2.47. The van der Waals surface area contributed by atoms with E-state index < -0.39 is 0 Å². The van der Waals surface area contributed by atoms with Crippen LogP contribution in [-0.4, -0.2) is 48.9 Å². The molecule has 0 aromatic rings. The number of hydrogen-bond acceptors (Lipinski definition) is 3. The van der Waals surface area contributed by atoms with E-state index in [-0.39, 0.29) is 17.7 Å². The molecular weight excluding hydrogens is 242 g/mol. The van der Waals surface area contributed by atoms with Gasteiger partial charge in [0.15, 0.2) is 0 Å². The van der Waals surface area contributed by atoms with Crippen LogP contribution in [0.5, 0.6) is 0 Å². The molecule has 0 saturated carbocycles. The summed E-state index contributed by atoms with van der Waals surface area (Å²) in [5.41, 5.74) is 0. The Morgan fingerprint density at radius 1 is 1.21 bits per heavy atom. The molecule has 2 aliphatic rings. The second-order valence-corrected chi connectivity index (χ2v) is 5.67. The summed E-state index contributed by atoms with van der Waals surface area (Å²) in [5.74, 6) is 0.361. The zero-order valence-corrected chi connectivity index (χ0v) is 11.8. The lowest BCUT2D eigenvalue weighted by molar-refractivity contribution is -0.133. The van der Waals surface area contributed by atoms with Gasteiger partial charge < -0.3 is 15.5 Å². The standard InChI is InChI=1S/C14H25N3O2/c1-11(18)17-8-5-12(6-9-17)14(19)16-10-13-4-2-3-7-15-13/h12-13,15H,2-10H2,1H3,(H,16,19). The summed E-state index contributed by atoms with van der Waals surface area (Å²) in [5, 5.41) is 6.49. The molecule has 2 aliphatic heterocycles. The molecule has 0 aromatic carbocycles. The van der Waals surface area contributed by atoms with Gasteiger partial charge in [0.05, 0.1) is 0 Å². The first-order chi connectivity index (χ1) is 9.16. The van der Waals surface area contributed by atoms with Crippen molar-refractivity contribution in [2.24, 2.45) is 5.92 Å². The molecule has 5 heteroatoms. The Hall–Kier alpha value is -1.10. The molecule has 2 N–H and O–H groups in total. The predicted molar refractivity (Wildman–Crippen MR) is 73.6 cm³/mol. The monoisotopic (exact) mass is 267 g/mol. The van der Waals surface area contributed by atoms with E-state index in [1.807, 2.05) is 4.90 Å². The summed E-state index contributed by atoms with van der Waals surface area (Å²) < 4.78 is 0. The quantitative estimate of drug-likeness (QED) is 0.783. The normalized spacial score (nSPS) is 25.1. The fourth-order valence-corrected chi connectivity index (χ4v) is 2.92. The second kappa shape index (κ2) is 6.89. The molecule has 0 spiro atoms. The van der Waals surface area contributed by atoms with E-state index in [0.29, 0.717) is 6.04 Å². The van der Waals surface area contributed by atoms with Crippen molar-refractivity contribution >= 4 is 11.8 Å². The number of likely N-dealkylation sites (tertiary alicyclic amines) is 1. The predicted octanol–water partition coefficient (Wildman–Crippen LogP) is 0.503. The van der Waals surface area contributed by atoms with Crippen molar-refractivity contribution in [2.45, 2.75) is 45.1 Å². The van der Waals surface area contributed by atoms with Gasteiger partial charge in [0.25, 0.3) is 0 Å². The maximum absolute atomic E-state index is 12.1. The van der Waals surface area contributed by atoms with E-state index >= 15 is 0 Å². The Bertz CT molecular complexity index is 319. The first-order valence-electron chi connectivity index (χ1n) is 7.43. The summed E-state index contributed by atoms with van der Waals surface area (Å²) in [7, 11) is 0. The lowest BCUT2D eigenvalue weighted by Gasteiger charge is -2.31. The van der Waals surface area contributed by atoms with Crippen LogP contribution in [0, 0.1) is 5.92 Å². The zero-order valence-electron chi connectivity index (χ0n) is 11.8. The SMILES string of the molecule is CC(=O)N1CCC(C(=O)NCC2CCCCN2)CC1. The van der Waals surface area contributed by atoms with Crippen molar-refractivity contribution in [1.82, 2.24) is 15.5 Å². The van der Waals surface area contributed by atoms with Gasteiger partial charge in [0.2, 0.25) is 11.8 Å². The molecule has 2 amide bonds. The van der Waals surface area contributed by atoms with Crippen LogP contribution in [0.1, 0.15) is 39.0 Å². The third kappa shape index (κ3) is 4.20. The molecule has 2 heterocycles. The van der Waals surface area contributed by atoms with Crippen molar-refractivity contribution in [3.63, 3.8) is 0 Å². The number of nitrogens with zero attached hydrogens (tertiary/aromatic N) is 1. The average molecular weight is 267 g/mol. The molecule has 5 nitrogen and oxygen atoms in total. The fourth-order valence-electron chi connectivity index (χ4n) is 2.92. The lowest BCUT2D eigenvalue weighted by atomic mass is 9.95. The Morgan fingerprint density at radius 2 is 1.95 bits per heavy atom. The van der Waals surface area contributed by atoms with Gasteiger partial charge in [-0.1, -0.05) is 6.42 Å². The Morgan fingerprint density at radius 3 is 2.53 bits per heavy atom. The smallest absolute Gasteiger partial charge is 0.223 e. The summed E-state index contributed by atoms with van der Waals surface area (Å²) in [4.78, 5) is 25.1. The third-order valence-corrected chi connectivity index (χ3v) is 4.25. The van der Waals surface area contributed by atoms with Crippen molar-refractivity contribution in [3.8, 4) is 0 Å². The Kier molecular flexibility index (Phi) is 5.19. The highest BCUT2D eigenvalue weighted by Crippen LogP contribution is 2.17. The van der Waals surface area contributed by atoms with Crippen LogP contribution >= 0.6 is 0 Å². The number of hydrogen-bond donors (Lipinski definition) is 2. The van der Waals surface area contributed by atoms with Gasteiger partial charge in [-0.2, -0.15) is 0 Å². The molecule has 2 rings (SSSR count). The van der Waals surface area contributed by atoms with Gasteiger partial charge >= 0.3 is 0 Å². The Labute approximate surface area is 115 Å². The van der Waals surface area contributed by atoms with Crippen molar-refractivity contribution in [2.75, 3.05) is 26.2 Å². The highest BCUT2D eigenvalue weighted by molar-refractivity contribution is 5.79. The number of nitrogens with one attached hydrogen (secondary N) is 2. The van der Waals surface area contributed by atoms with E-state index in [0.717, 1.165) is 45.4 Å². The molecule has 0 aliphatic carbocycles. The van der Waals surface area contributed by atoms with Crippen LogP contribution in [0.25, 0.3) is 0 Å². The van der Waals surface area contributed by atoms with Crippen molar-refractivity contribution < 1.29 is 9.59 Å². The first-order valence-corrected chi connectivity index (χ1v) is 7.43. The van der Waals surface area contributed by atoms with Crippen LogP contribution < -0.4 is 10.6 Å². The number of carbonyl (C=O) groups is 2. The topological polar surface area (TPSA) is 61.4 Å². The van der Waals surface area contributed by atoms with Crippen LogP contribution in [0.2, 0.25) is 0 Å². The number of piperidine rings is 2. The average Bonchev–Trinajstić information content (AvgIpc) is 2.46. The molecule has 1 atom stereocenters. The van der Waals surface area contributed by atoms with Gasteiger partial charge in [-0.15, -0.1) is 0 Å². The minimum absolute atomic E-state index is 0.0826. The summed E-state index contributed by atoms with van der Waals surface area (Å²) in [6, 6.07) is 0.440. The van der Waals surface area contributed by atoms with Crippen molar-refractivity contribution in [1.29, 1.82) is 0 Å². The highest BCUT2D eigenvalue weighted by atomic mass is 16.2. The molecule has 108 valence electrons. The van der Waals surface area contributed by atoms with Gasteiger partial charge in [0, 0.05) is 38.5 Å². The van der Waals surface area contributed by atoms with Crippen LogP contribution in [0.15, 0.2) is 0 Å². The van der Waals surface area contributed by atoms with E-state index in [4.69, 9.17) is 0 Å². The van der Waals surface area contributed by atoms with E-state index in [1.54, 1.807) is 6.92 Å². The summed E-state index contributed by atoms with van der Waals surface area (Å²) in [6.45, 7) is 4.84. The molecule has 1 unspecified atom stereocenters. The minimum Gasteiger partial charge on any atom is -0.354 e. The summed E-state index contributed by atoms with van der Waals surface area (Å²) >= 11 is 0. The van der Waals surface area contributed by atoms with Gasteiger partial charge in [-0.3, -0.25) is 9.59 Å². The maximum Gasteiger partial charge on any atom is 0.223 e. The van der Waals surface area contributed by atoms with E-state index in [2.05, 4.69) is 10.6 Å². The maximum atomic E-state index is 12.1. The van der Waals surface area contributed by atoms with Gasteiger partial charge in [0.1, 0.15) is 0 Å². The largest absolute Gasteiger partial charge is 0.354 e. The summed E-state index contributed by atoms with van der Waals surface area (Å²) in [6.07, 6.45) is 5.24. The van der Waals surface area contributed by atoms with Crippen LogP contribution in [-0.2, 0) is 9.59 Å². The van der Waals surface area contributed by atoms with Gasteiger partial charge in [-0.05, 0) is 32.2 Å². The molecule has 0 bridgehead atoms. The number of rotatable bonds is 3. The van der Waals surface area contributed by atoms with Crippen molar-refractivity contribution in [3.05, 3.63) is 0 Å². The van der Waals surface area contributed by atoms with Gasteiger partial charge in [-0.25, -0.2) is 0 Å². The third-order valence-electron chi connectivity index (χ3n) is 4.25.